The highest BCUT2D eigenvalue weighted by Crippen LogP contribution is 2.26. The van der Waals surface area contributed by atoms with Gasteiger partial charge in [-0.1, -0.05) is 18.2 Å². The number of carbonyl (C=O) groups is 1. The average Bonchev–Trinajstić information content (AvgIpc) is 2.58. The summed E-state index contributed by atoms with van der Waals surface area (Å²) in [4.78, 5) is 31.7. The van der Waals surface area contributed by atoms with Crippen molar-refractivity contribution in [3.63, 3.8) is 0 Å². The molecule has 0 saturated carbocycles. The lowest BCUT2D eigenvalue weighted by Gasteiger charge is -2.12. The van der Waals surface area contributed by atoms with Crippen LogP contribution < -0.4 is 10.9 Å². The molecule has 0 bridgehead atoms. The first-order valence-electron chi connectivity index (χ1n) is 8.41. The van der Waals surface area contributed by atoms with Crippen LogP contribution in [-0.2, 0) is 4.79 Å². The molecule has 0 radical (unpaired) electrons. The largest absolute Gasteiger partial charge is 0.325 e. The molecule has 0 aliphatic rings. The summed E-state index contributed by atoms with van der Waals surface area (Å²) >= 11 is 1.44. The predicted octanol–water partition coefficient (Wildman–Crippen LogP) is 3.97. The molecule has 1 unspecified atom stereocenters. The van der Waals surface area contributed by atoms with Crippen molar-refractivity contribution in [3.8, 4) is 0 Å². The molecular formula is C20H21N3O2S. The van der Waals surface area contributed by atoms with Crippen LogP contribution in [-0.4, -0.2) is 21.6 Å². The first-order chi connectivity index (χ1) is 12.4. The van der Waals surface area contributed by atoms with E-state index in [9.17, 15) is 9.59 Å². The van der Waals surface area contributed by atoms with E-state index in [1.54, 1.807) is 6.07 Å². The van der Waals surface area contributed by atoms with Gasteiger partial charge in [0.25, 0.3) is 5.56 Å². The number of nitrogens with one attached hydrogen (secondary N) is 2. The number of hydrogen-bond acceptors (Lipinski definition) is 4. The number of aryl methyl sites for hydroxylation is 2. The minimum atomic E-state index is -0.155. The molecule has 5 nitrogen and oxygen atoms in total. The fourth-order valence-electron chi connectivity index (χ4n) is 2.82. The number of carbonyl (C=O) groups excluding carboxylic acids is 1. The molecule has 3 aromatic rings. The number of hydrogen-bond donors (Lipinski definition) is 2. The van der Waals surface area contributed by atoms with Crippen molar-refractivity contribution < 1.29 is 4.79 Å². The number of rotatable bonds is 5. The van der Waals surface area contributed by atoms with E-state index in [2.05, 4.69) is 21.4 Å². The molecule has 134 valence electrons. The van der Waals surface area contributed by atoms with Crippen LogP contribution in [0.5, 0.6) is 0 Å². The molecule has 1 atom stereocenters. The summed E-state index contributed by atoms with van der Waals surface area (Å²) < 4.78 is 0. The standard InChI is InChI=1S/C20H21N3O2S/c1-12-8-13(2)10-15(9-12)21-18(24)11-26-14(3)19-22-17-7-5-4-6-16(17)20(25)23-19/h4-10,14H,11H2,1-3H3,(H,21,24)(H,22,23,25). The van der Waals surface area contributed by atoms with Crippen LogP contribution in [0, 0.1) is 13.8 Å². The minimum Gasteiger partial charge on any atom is -0.325 e. The Morgan fingerprint density at radius 1 is 1.19 bits per heavy atom. The summed E-state index contributed by atoms with van der Waals surface area (Å²) in [5.41, 5.74) is 3.53. The van der Waals surface area contributed by atoms with Crippen LogP contribution in [0.4, 0.5) is 5.69 Å². The Labute approximate surface area is 156 Å². The Hall–Kier alpha value is -2.60. The second kappa shape index (κ2) is 7.74. The monoisotopic (exact) mass is 367 g/mol. The molecular weight excluding hydrogens is 346 g/mol. The van der Waals surface area contributed by atoms with Crippen molar-refractivity contribution in [2.75, 3.05) is 11.1 Å². The van der Waals surface area contributed by atoms with Crippen LogP contribution in [0.2, 0.25) is 0 Å². The van der Waals surface area contributed by atoms with E-state index >= 15 is 0 Å². The highest BCUT2D eigenvalue weighted by Gasteiger charge is 2.13. The zero-order valence-electron chi connectivity index (χ0n) is 15.0. The molecule has 1 aromatic heterocycles. The van der Waals surface area contributed by atoms with Crippen LogP contribution in [0.3, 0.4) is 0 Å². The molecule has 1 amide bonds. The lowest BCUT2D eigenvalue weighted by atomic mass is 10.1. The van der Waals surface area contributed by atoms with Crippen molar-refractivity contribution in [3.05, 3.63) is 69.8 Å². The summed E-state index contributed by atoms with van der Waals surface area (Å²) in [6.07, 6.45) is 0. The lowest BCUT2D eigenvalue weighted by Crippen LogP contribution is -2.16. The smallest absolute Gasteiger partial charge is 0.258 e. The van der Waals surface area contributed by atoms with Crippen LogP contribution in [0.1, 0.15) is 29.1 Å². The molecule has 0 aliphatic heterocycles. The van der Waals surface area contributed by atoms with Crippen molar-refractivity contribution in [1.82, 2.24) is 9.97 Å². The number of H-pyrrole nitrogens is 1. The van der Waals surface area contributed by atoms with E-state index in [0.29, 0.717) is 16.7 Å². The van der Waals surface area contributed by atoms with Crippen molar-refractivity contribution in [1.29, 1.82) is 0 Å². The number of nitrogens with zero attached hydrogens (tertiary/aromatic N) is 1. The topological polar surface area (TPSA) is 74.8 Å². The number of aromatic nitrogens is 2. The molecule has 2 N–H and O–H groups in total. The Bertz CT molecular complexity index is 993. The summed E-state index contributed by atoms with van der Waals surface area (Å²) in [5, 5.41) is 3.39. The van der Waals surface area contributed by atoms with Gasteiger partial charge in [0.1, 0.15) is 5.82 Å². The quantitative estimate of drug-likeness (QED) is 0.715. The fraction of sp³-hybridized carbons (Fsp3) is 0.250. The number of thioether (sulfide) groups is 1. The van der Waals surface area contributed by atoms with Gasteiger partial charge >= 0.3 is 0 Å². The van der Waals surface area contributed by atoms with Gasteiger partial charge in [-0.3, -0.25) is 9.59 Å². The van der Waals surface area contributed by atoms with Gasteiger partial charge in [-0.2, -0.15) is 0 Å². The van der Waals surface area contributed by atoms with Crippen molar-refractivity contribution in [2.45, 2.75) is 26.0 Å². The molecule has 1 heterocycles. The van der Waals surface area contributed by atoms with E-state index in [-0.39, 0.29) is 22.5 Å². The molecule has 0 spiro atoms. The van der Waals surface area contributed by atoms with E-state index in [0.717, 1.165) is 16.8 Å². The SMILES string of the molecule is Cc1cc(C)cc(NC(=O)CSC(C)c2nc3ccccc3c(=O)[nH]2)c1. The first-order valence-corrected chi connectivity index (χ1v) is 9.46. The van der Waals surface area contributed by atoms with Crippen LogP contribution in [0.15, 0.2) is 47.3 Å². The number of anilines is 1. The summed E-state index contributed by atoms with van der Waals surface area (Å²) in [5.74, 6) is 0.790. The Morgan fingerprint density at radius 3 is 2.62 bits per heavy atom. The summed E-state index contributed by atoms with van der Waals surface area (Å²) in [7, 11) is 0. The van der Waals surface area contributed by atoms with E-state index in [4.69, 9.17) is 0 Å². The number of benzene rings is 2. The molecule has 2 aromatic carbocycles. The maximum Gasteiger partial charge on any atom is 0.258 e. The predicted molar refractivity (Wildman–Crippen MR) is 108 cm³/mol. The molecule has 0 fully saturated rings. The van der Waals surface area contributed by atoms with Gasteiger partial charge in [-0.05, 0) is 56.2 Å². The van der Waals surface area contributed by atoms with E-state index < -0.39 is 0 Å². The maximum absolute atomic E-state index is 12.2. The van der Waals surface area contributed by atoms with Gasteiger partial charge < -0.3 is 10.3 Å². The highest BCUT2D eigenvalue weighted by atomic mass is 32.2. The first kappa shape index (κ1) is 18.2. The second-order valence-corrected chi connectivity index (χ2v) is 7.68. The highest BCUT2D eigenvalue weighted by molar-refractivity contribution is 8.00. The van der Waals surface area contributed by atoms with Crippen LogP contribution in [0.25, 0.3) is 10.9 Å². The van der Waals surface area contributed by atoms with Gasteiger partial charge in [0.2, 0.25) is 5.91 Å². The van der Waals surface area contributed by atoms with Gasteiger partial charge in [0, 0.05) is 5.69 Å². The van der Waals surface area contributed by atoms with Gasteiger partial charge in [-0.15, -0.1) is 11.8 Å². The minimum absolute atomic E-state index is 0.0741. The third-order valence-electron chi connectivity index (χ3n) is 3.99. The zero-order valence-corrected chi connectivity index (χ0v) is 15.8. The Kier molecular flexibility index (Phi) is 5.42. The normalized spacial score (nSPS) is 12.1. The zero-order chi connectivity index (χ0) is 18.7. The third-order valence-corrected chi connectivity index (χ3v) is 5.14. The average molecular weight is 367 g/mol. The summed E-state index contributed by atoms with van der Waals surface area (Å²) in [6.45, 7) is 5.93. The van der Waals surface area contributed by atoms with Gasteiger partial charge in [-0.25, -0.2) is 4.98 Å². The molecule has 0 saturated heterocycles. The summed E-state index contributed by atoms with van der Waals surface area (Å²) in [6, 6.07) is 13.2. The Morgan fingerprint density at radius 2 is 1.88 bits per heavy atom. The van der Waals surface area contributed by atoms with E-state index in [1.165, 1.54) is 11.8 Å². The second-order valence-electron chi connectivity index (χ2n) is 6.35. The number of fused-ring (bicyclic) bond motifs is 1. The van der Waals surface area contributed by atoms with Gasteiger partial charge in [0.15, 0.2) is 0 Å². The molecule has 0 aliphatic carbocycles. The molecule has 6 heteroatoms. The van der Waals surface area contributed by atoms with Crippen molar-refractivity contribution in [2.24, 2.45) is 0 Å². The Balaban J connectivity index is 1.65. The molecule has 3 rings (SSSR count). The van der Waals surface area contributed by atoms with Gasteiger partial charge in [0.05, 0.1) is 21.9 Å². The third kappa shape index (κ3) is 4.32. The van der Waals surface area contributed by atoms with Crippen LogP contribution >= 0.6 is 11.8 Å². The lowest BCUT2D eigenvalue weighted by molar-refractivity contribution is -0.113. The number of amides is 1. The molecule has 26 heavy (non-hydrogen) atoms. The maximum atomic E-state index is 12.2. The fourth-order valence-corrected chi connectivity index (χ4v) is 3.56. The number of aromatic amines is 1. The van der Waals surface area contributed by atoms with Crippen molar-refractivity contribution >= 4 is 34.3 Å². The number of para-hydroxylation sites is 1. The van der Waals surface area contributed by atoms with E-state index in [1.807, 2.05) is 51.1 Å².